The van der Waals surface area contributed by atoms with E-state index in [0.717, 1.165) is 22.3 Å². The predicted octanol–water partition coefficient (Wildman–Crippen LogP) is 3.53. The number of amides is 2. The molecule has 3 rings (SSSR count). The molecule has 0 aliphatic heterocycles. The summed E-state index contributed by atoms with van der Waals surface area (Å²) in [5.74, 6) is -1.81. The summed E-state index contributed by atoms with van der Waals surface area (Å²) in [5, 5.41) is 14.0. The maximum Gasteiger partial charge on any atom is 0.407 e. The van der Waals surface area contributed by atoms with Gasteiger partial charge >= 0.3 is 12.1 Å². The number of carbonyl (C=O) groups excluding carboxylic acids is 2. The van der Waals surface area contributed by atoms with Gasteiger partial charge in [0.1, 0.15) is 18.7 Å². The summed E-state index contributed by atoms with van der Waals surface area (Å²) in [7, 11) is 0. The van der Waals surface area contributed by atoms with Crippen LogP contribution in [0.4, 0.5) is 4.79 Å². The first-order valence-corrected chi connectivity index (χ1v) is 10.2. The van der Waals surface area contributed by atoms with E-state index in [1.165, 1.54) is 6.92 Å². The first-order valence-electron chi connectivity index (χ1n) is 10.2. The normalized spacial score (nSPS) is 14.7. The maximum atomic E-state index is 12.6. The van der Waals surface area contributed by atoms with Crippen molar-refractivity contribution < 1.29 is 24.2 Å². The predicted molar refractivity (Wildman–Crippen MR) is 117 cm³/mol. The maximum absolute atomic E-state index is 12.6. The molecule has 3 N–H and O–H groups in total. The topological polar surface area (TPSA) is 105 Å². The van der Waals surface area contributed by atoms with Crippen molar-refractivity contribution in [1.29, 1.82) is 0 Å². The van der Waals surface area contributed by atoms with Gasteiger partial charge in [0.25, 0.3) is 0 Å². The van der Waals surface area contributed by atoms with Crippen LogP contribution in [0.25, 0.3) is 11.1 Å². The quantitative estimate of drug-likeness (QED) is 0.658. The summed E-state index contributed by atoms with van der Waals surface area (Å²) in [6, 6.07) is 14.0. The average Bonchev–Trinajstić information content (AvgIpc) is 3.03. The lowest BCUT2D eigenvalue weighted by molar-refractivity contribution is -0.142. The zero-order chi connectivity index (χ0) is 22.8. The van der Waals surface area contributed by atoms with Gasteiger partial charge in [-0.1, -0.05) is 69.3 Å². The molecule has 0 saturated heterocycles. The van der Waals surface area contributed by atoms with Crippen LogP contribution in [0.5, 0.6) is 0 Å². The lowest BCUT2D eigenvalue weighted by Crippen LogP contribution is -2.56. The molecule has 1 aliphatic rings. The first kappa shape index (κ1) is 22.3. The van der Waals surface area contributed by atoms with E-state index in [1.54, 1.807) is 20.8 Å². The van der Waals surface area contributed by atoms with Gasteiger partial charge in [-0.25, -0.2) is 4.79 Å². The van der Waals surface area contributed by atoms with Crippen LogP contribution in [0.15, 0.2) is 48.5 Å². The van der Waals surface area contributed by atoms with Gasteiger partial charge < -0.3 is 20.5 Å². The molecule has 7 nitrogen and oxygen atoms in total. The number of fused-ring (bicyclic) bond motifs is 3. The van der Waals surface area contributed by atoms with Gasteiger partial charge in [0.2, 0.25) is 5.91 Å². The number of carboxylic acid groups (broad SMARTS) is 1. The number of aliphatic carboxylic acids is 1. The summed E-state index contributed by atoms with van der Waals surface area (Å²) in [6.07, 6.45) is -0.722. The Bertz CT molecular complexity index is 950. The molecular weight excluding hydrogens is 396 g/mol. The minimum absolute atomic E-state index is 0.0907. The fourth-order valence-corrected chi connectivity index (χ4v) is 3.79. The molecule has 2 aromatic carbocycles. The molecule has 0 fully saturated rings. The molecule has 2 atom stereocenters. The highest BCUT2D eigenvalue weighted by molar-refractivity contribution is 5.89. The van der Waals surface area contributed by atoms with E-state index >= 15 is 0 Å². The Morgan fingerprint density at radius 1 is 0.968 bits per heavy atom. The van der Waals surface area contributed by atoms with Crippen LogP contribution in [-0.4, -0.2) is 41.8 Å². The van der Waals surface area contributed by atoms with Crippen LogP contribution < -0.4 is 10.6 Å². The van der Waals surface area contributed by atoms with Gasteiger partial charge in [0.05, 0.1) is 0 Å². The molecule has 0 spiro atoms. The fraction of sp³-hybridized carbons (Fsp3) is 0.375. The molecule has 1 aliphatic carbocycles. The standard InChI is InChI=1S/C24H28N2O5/c1-14(22(28)29)25-21(27)20(24(2,3)4)26-23(30)31-13-19-17-11-7-5-9-15(17)16-10-6-8-12-18(16)19/h5-12,14,19-20H,13H2,1-4H3,(H,25,27)(H,26,30)(H,28,29)/t14-,20+/m0/s1. The Balaban J connectivity index is 1.70. The molecule has 2 amide bonds. The monoisotopic (exact) mass is 424 g/mol. The number of carbonyl (C=O) groups is 3. The number of ether oxygens (including phenoxy) is 1. The highest BCUT2D eigenvalue weighted by Gasteiger charge is 2.35. The van der Waals surface area contributed by atoms with Crippen LogP contribution in [0, 0.1) is 5.41 Å². The second kappa shape index (κ2) is 8.79. The largest absolute Gasteiger partial charge is 0.480 e. The Hall–Kier alpha value is -3.35. The summed E-state index contributed by atoms with van der Waals surface area (Å²) in [4.78, 5) is 36.2. The molecule has 31 heavy (non-hydrogen) atoms. The Labute approximate surface area is 181 Å². The summed E-state index contributed by atoms with van der Waals surface area (Å²) < 4.78 is 5.52. The van der Waals surface area contributed by atoms with Crippen molar-refractivity contribution in [2.45, 2.75) is 45.7 Å². The summed E-state index contributed by atoms with van der Waals surface area (Å²) >= 11 is 0. The van der Waals surface area contributed by atoms with Crippen molar-refractivity contribution in [3.8, 4) is 11.1 Å². The lowest BCUT2D eigenvalue weighted by Gasteiger charge is -2.30. The van der Waals surface area contributed by atoms with Crippen LogP contribution in [0.3, 0.4) is 0 Å². The van der Waals surface area contributed by atoms with Gasteiger partial charge in [-0.3, -0.25) is 9.59 Å². The van der Waals surface area contributed by atoms with Gasteiger partial charge in [-0.2, -0.15) is 0 Å². The molecule has 0 heterocycles. The molecule has 2 aromatic rings. The van der Waals surface area contributed by atoms with Crippen molar-refractivity contribution in [3.05, 3.63) is 59.7 Å². The molecule has 164 valence electrons. The van der Waals surface area contributed by atoms with Gasteiger partial charge in [0.15, 0.2) is 0 Å². The number of hydrogen-bond acceptors (Lipinski definition) is 4. The van der Waals surface area contributed by atoms with Crippen LogP contribution in [0.2, 0.25) is 0 Å². The number of alkyl carbamates (subject to hydrolysis) is 1. The smallest absolute Gasteiger partial charge is 0.407 e. The second-order valence-corrected chi connectivity index (χ2v) is 8.84. The molecule has 7 heteroatoms. The summed E-state index contributed by atoms with van der Waals surface area (Å²) in [5.41, 5.74) is 3.80. The van der Waals surface area contributed by atoms with Crippen molar-refractivity contribution in [1.82, 2.24) is 10.6 Å². The van der Waals surface area contributed by atoms with E-state index in [-0.39, 0.29) is 12.5 Å². The van der Waals surface area contributed by atoms with Gasteiger partial charge in [0, 0.05) is 5.92 Å². The fourth-order valence-electron chi connectivity index (χ4n) is 3.79. The number of hydrogen-bond donors (Lipinski definition) is 3. The number of carboxylic acids is 1. The lowest BCUT2D eigenvalue weighted by atomic mass is 9.86. The van der Waals surface area contributed by atoms with Crippen LogP contribution >= 0.6 is 0 Å². The van der Waals surface area contributed by atoms with E-state index in [1.807, 2.05) is 36.4 Å². The Kier molecular flexibility index (Phi) is 6.34. The molecule has 0 aromatic heterocycles. The highest BCUT2D eigenvalue weighted by Crippen LogP contribution is 2.44. The van der Waals surface area contributed by atoms with Crippen LogP contribution in [0.1, 0.15) is 44.7 Å². The minimum Gasteiger partial charge on any atom is -0.480 e. The zero-order valence-electron chi connectivity index (χ0n) is 18.1. The van der Waals surface area contributed by atoms with Gasteiger partial charge in [-0.05, 0) is 34.6 Å². The van der Waals surface area contributed by atoms with Crippen molar-refractivity contribution >= 4 is 18.0 Å². The van der Waals surface area contributed by atoms with Crippen LogP contribution in [-0.2, 0) is 14.3 Å². The molecule has 0 saturated carbocycles. The molecule has 0 unspecified atom stereocenters. The number of benzene rings is 2. The highest BCUT2D eigenvalue weighted by atomic mass is 16.5. The third-order valence-corrected chi connectivity index (χ3v) is 5.46. The Morgan fingerprint density at radius 2 is 1.48 bits per heavy atom. The molecule has 0 radical (unpaired) electrons. The number of rotatable bonds is 6. The minimum atomic E-state index is -1.15. The van der Waals surface area contributed by atoms with E-state index in [2.05, 4.69) is 22.8 Å². The van der Waals surface area contributed by atoms with E-state index < -0.39 is 35.5 Å². The second-order valence-electron chi connectivity index (χ2n) is 8.84. The molecular formula is C24H28N2O5. The SMILES string of the molecule is C[C@H](NC(=O)[C@@H](NC(=O)OCC1c2ccccc2-c2ccccc21)C(C)(C)C)C(=O)O. The van der Waals surface area contributed by atoms with Crippen molar-refractivity contribution in [2.75, 3.05) is 6.61 Å². The van der Waals surface area contributed by atoms with Crippen molar-refractivity contribution in [2.24, 2.45) is 5.41 Å². The van der Waals surface area contributed by atoms with E-state index in [9.17, 15) is 14.4 Å². The van der Waals surface area contributed by atoms with E-state index in [4.69, 9.17) is 9.84 Å². The summed E-state index contributed by atoms with van der Waals surface area (Å²) in [6.45, 7) is 6.85. The number of nitrogens with one attached hydrogen (secondary N) is 2. The zero-order valence-corrected chi connectivity index (χ0v) is 18.1. The van der Waals surface area contributed by atoms with Crippen molar-refractivity contribution in [3.63, 3.8) is 0 Å². The first-order chi connectivity index (χ1) is 14.6. The third-order valence-electron chi connectivity index (χ3n) is 5.46. The van der Waals surface area contributed by atoms with E-state index in [0.29, 0.717) is 0 Å². The third kappa shape index (κ3) is 4.87. The Morgan fingerprint density at radius 3 is 1.97 bits per heavy atom. The van der Waals surface area contributed by atoms with Gasteiger partial charge in [-0.15, -0.1) is 0 Å². The molecule has 0 bridgehead atoms. The average molecular weight is 424 g/mol.